The summed E-state index contributed by atoms with van der Waals surface area (Å²) in [4.78, 5) is 32.5. The first-order chi connectivity index (χ1) is 18.2. The van der Waals surface area contributed by atoms with Crippen LogP contribution in [-0.2, 0) is 25.9 Å². The lowest BCUT2D eigenvalue weighted by Gasteiger charge is -2.31. The van der Waals surface area contributed by atoms with E-state index < -0.39 is 15.9 Å². The summed E-state index contributed by atoms with van der Waals surface area (Å²) in [5, 5.41) is 2.23. The Kier molecular flexibility index (Phi) is 9.07. The Labute approximate surface area is 231 Å². The van der Waals surface area contributed by atoms with Gasteiger partial charge in [0, 0.05) is 42.2 Å². The van der Waals surface area contributed by atoms with Crippen LogP contribution in [0.1, 0.15) is 43.9 Å². The van der Waals surface area contributed by atoms with Crippen molar-refractivity contribution in [1.29, 1.82) is 0 Å². The van der Waals surface area contributed by atoms with Crippen LogP contribution in [0, 0.1) is 0 Å². The molecule has 0 saturated carbocycles. The summed E-state index contributed by atoms with van der Waals surface area (Å²) in [6, 6.07) is 10.2. The van der Waals surface area contributed by atoms with E-state index >= 15 is 0 Å². The lowest BCUT2D eigenvalue weighted by atomic mass is 9.95. The third kappa shape index (κ3) is 6.73. The number of allylic oxidation sites excluding steroid dienone is 1. The molecule has 38 heavy (non-hydrogen) atoms. The van der Waals surface area contributed by atoms with Gasteiger partial charge in [-0.05, 0) is 67.6 Å². The number of piperidine rings is 1. The van der Waals surface area contributed by atoms with E-state index in [2.05, 4.69) is 4.99 Å². The van der Waals surface area contributed by atoms with Crippen molar-refractivity contribution in [3.05, 3.63) is 69.6 Å². The standard InChI is InChI=1S/C27H30ClN3O5S2/c1-3-14-36-27(33)29-26-30(4-2)18-24(37-26)19-9-12-31(13-10-19)25(32)11-15-38(34,35)23-8-6-20-16-22(28)7-5-21(20)17-23/h3,5-8,14,16-19H,4,9-13,15H2,1-2H3/b14-3+,29-26?. The molecule has 0 bridgehead atoms. The molecule has 2 aromatic carbocycles. The van der Waals surface area contributed by atoms with Crippen LogP contribution in [0.2, 0.25) is 5.02 Å². The second-order valence-electron chi connectivity index (χ2n) is 9.04. The smallest absolute Gasteiger partial charge is 0.417 e. The van der Waals surface area contributed by atoms with Crippen LogP contribution in [0.25, 0.3) is 10.8 Å². The van der Waals surface area contributed by atoms with Crippen LogP contribution in [0.3, 0.4) is 0 Å². The van der Waals surface area contributed by atoms with Crippen LogP contribution in [0.5, 0.6) is 0 Å². The molecule has 1 aromatic heterocycles. The molecule has 3 aromatic rings. The molecule has 11 heteroatoms. The first-order valence-corrected chi connectivity index (χ1v) is 15.3. The Morgan fingerprint density at radius 3 is 2.58 bits per heavy atom. The number of hydrogen-bond donors (Lipinski definition) is 0. The van der Waals surface area contributed by atoms with Gasteiger partial charge < -0.3 is 14.2 Å². The monoisotopic (exact) mass is 575 g/mol. The van der Waals surface area contributed by atoms with Gasteiger partial charge in [0.2, 0.25) is 5.91 Å². The quantitative estimate of drug-likeness (QED) is 0.346. The average Bonchev–Trinajstić information content (AvgIpc) is 3.32. The molecule has 1 saturated heterocycles. The van der Waals surface area contributed by atoms with Crippen LogP contribution >= 0.6 is 22.9 Å². The number of nitrogens with zero attached hydrogens (tertiary/aromatic N) is 3. The van der Waals surface area contributed by atoms with Gasteiger partial charge in [0.15, 0.2) is 14.6 Å². The number of fused-ring (bicyclic) bond motifs is 1. The molecule has 0 spiro atoms. The molecule has 2 heterocycles. The van der Waals surface area contributed by atoms with Crippen molar-refractivity contribution in [3.63, 3.8) is 0 Å². The molecule has 0 atom stereocenters. The van der Waals surface area contributed by atoms with Gasteiger partial charge in [0.25, 0.3) is 0 Å². The number of aryl methyl sites for hydroxylation is 1. The second-order valence-corrected chi connectivity index (χ2v) is 12.6. The fourth-order valence-electron chi connectivity index (χ4n) is 4.43. The van der Waals surface area contributed by atoms with Crippen molar-refractivity contribution in [2.75, 3.05) is 18.8 Å². The molecule has 202 valence electrons. The molecule has 2 amide bonds. The second kappa shape index (κ2) is 12.3. The van der Waals surface area contributed by atoms with Crippen molar-refractivity contribution >= 4 is 55.5 Å². The van der Waals surface area contributed by atoms with Gasteiger partial charge in [-0.2, -0.15) is 0 Å². The van der Waals surface area contributed by atoms with E-state index in [1.807, 2.05) is 17.7 Å². The fraction of sp³-hybridized carbons (Fsp3) is 0.370. The number of benzene rings is 2. The van der Waals surface area contributed by atoms with E-state index in [-0.39, 0.29) is 28.9 Å². The minimum Gasteiger partial charge on any atom is -0.417 e. The molecule has 4 rings (SSSR count). The molecule has 1 fully saturated rings. The number of carbonyl (C=O) groups excluding carboxylic acids is 2. The number of halogens is 1. The predicted octanol–water partition coefficient (Wildman–Crippen LogP) is 5.52. The highest BCUT2D eigenvalue weighted by molar-refractivity contribution is 7.91. The van der Waals surface area contributed by atoms with Gasteiger partial charge in [-0.25, -0.2) is 13.2 Å². The Bertz CT molecular complexity index is 1530. The maximum Gasteiger partial charge on any atom is 0.441 e. The third-order valence-electron chi connectivity index (χ3n) is 6.54. The van der Waals surface area contributed by atoms with E-state index in [0.717, 1.165) is 28.5 Å². The first kappa shape index (κ1) is 28.1. The molecule has 0 aliphatic carbocycles. The van der Waals surface area contributed by atoms with E-state index in [9.17, 15) is 18.0 Å². The molecule has 0 N–H and O–H groups in total. The molecule has 8 nitrogen and oxygen atoms in total. The molecule has 0 unspecified atom stereocenters. The number of aromatic nitrogens is 1. The number of sulfone groups is 1. The predicted molar refractivity (Wildman–Crippen MR) is 149 cm³/mol. The third-order valence-corrected chi connectivity index (χ3v) is 9.67. The Morgan fingerprint density at radius 1 is 1.16 bits per heavy atom. The van der Waals surface area contributed by atoms with E-state index in [1.165, 1.54) is 17.6 Å². The van der Waals surface area contributed by atoms with E-state index in [1.54, 1.807) is 54.3 Å². The van der Waals surface area contributed by atoms with Crippen molar-refractivity contribution in [1.82, 2.24) is 9.47 Å². The number of hydrogen-bond acceptors (Lipinski definition) is 6. The van der Waals surface area contributed by atoms with Gasteiger partial charge in [-0.15, -0.1) is 16.3 Å². The summed E-state index contributed by atoms with van der Waals surface area (Å²) < 4.78 is 32.7. The summed E-state index contributed by atoms with van der Waals surface area (Å²) in [5.74, 6) is -0.149. The topological polar surface area (TPSA) is 98.0 Å². The van der Waals surface area contributed by atoms with Crippen LogP contribution < -0.4 is 4.80 Å². The van der Waals surface area contributed by atoms with Gasteiger partial charge in [0.1, 0.15) is 0 Å². The van der Waals surface area contributed by atoms with Crippen molar-refractivity contribution in [3.8, 4) is 0 Å². The van der Waals surface area contributed by atoms with Crippen LogP contribution in [-0.4, -0.2) is 48.7 Å². The van der Waals surface area contributed by atoms with Gasteiger partial charge in [0.05, 0.1) is 16.9 Å². The van der Waals surface area contributed by atoms with Gasteiger partial charge in [-0.3, -0.25) is 4.79 Å². The van der Waals surface area contributed by atoms with Gasteiger partial charge >= 0.3 is 6.09 Å². The Balaban J connectivity index is 1.35. The zero-order valence-corrected chi connectivity index (χ0v) is 23.7. The van der Waals surface area contributed by atoms with Crippen molar-refractivity contribution in [2.24, 2.45) is 4.99 Å². The lowest BCUT2D eigenvalue weighted by molar-refractivity contribution is -0.131. The highest BCUT2D eigenvalue weighted by Gasteiger charge is 2.26. The van der Waals surface area contributed by atoms with Gasteiger partial charge in [-0.1, -0.05) is 29.8 Å². The summed E-state index contributed by atoms with van der Waals surface area (Å²) in [7, 11) is -3.60. The number of rotatable bonds is 7. The molecule has 1 aliphatic rings. The number of ether oxygens (including phenoxy) is 1. The summed E-state index contributed by atoms with van der Waals surface area (Å²) in [6.45, 7) is 5.51. The Morgan fingerprint density at radius 2 is 1.87 bits per heavy atom. The van der Waals surface area contributed by atoms with Crippen LogP contribution in [0.4, 0.5) is 4.79 Å². The summed E-state index contributed by atoms with van der Waals surface area (Å²) >= 11 is 7.47. The highest BCUT2D eigenvalue weighted by atomic mass is 35.5. The lowest BCUT2D eigenvalue weighted by Crippen LogP contribution is -2.38. The summed E-state index contributed by atoms with van der Waals surface area (Å²) in [6.07, 6.45) is 5.73. The minimum atomic E-state index is -3.60. The van der Waals surface area contributed by atoms with Crippen LogP contribution in [0.15, 0.2) is 64.8 Å². The fourth-order valence-corrected chi connectivity index (χ4v) is 7.09. The molecule has 1 aliphatic heterocycles. The zero-order valence-electron chi connectivity index (χ0n) is 21.3. The number of carbonyl (C=O) groups is 2. The highest BCUT2D eigenvalue weighted by Crippen LogP contribution is 2.30. The molecular weight excluding hydrogens is 546 g/mol. The van der Waals surface area contributed by atoms with E-state index in [0.29, 0.717) is 29.5 Å². The first-order valence-electron chi connectivity index (χ1n) is 12.5. The normalized spacial score (nSPS) is 15.4. The maximum absolute atomic E-state index is 12.9. The minimum absolute atomic E-state index is 0.0577. The largest absolute Gasteiger partial charge is 0.441 e. The van der Waals surface area contributed by atoms with E-state index in [4.69, 9.17) is 16.3 Å². The average molecular weight is 576 g/mol. The number of thiazole rings is 1. The SMILES string of the molecule is C/C=C/OC(=O)N=c1sc(C2CCN(C(=O)CCS(=O)(=O)c3ccc4cc(Cl)ccc4c3)CC2)cn1CC. The zero-order chi connectivity index (χ0) is 27.3. The Hall–Kier alpha value is -2.95. The number of likely N-dealkylation sites (tertiary alicyclic amines) is 1. The number of amides is 2. The molecular formula is C27H30ClN3O5S2. The maximum atomic E-state index is 12.9. The summed E-state index contributed by atoms with van der Waals surface area (Å²) in [5.41, 5.74) is 0. The van der Waals surface area contributed by atoms with Crippen molar-refractivity contribution < 1.29 is 22.7 Å². The molecule has 0 radical (unpaired) electrons. The van der Waals surface area contributed by atoms with Crippen molar-refractivity contribution in [2.45, 2.75) is 50.5 Å².